The van der Waals surface area contributed by atoms with Crippen LogP contribution in [-0.2, 0) is 9.59 Å². The Kier molecular flexibility index (Phi) is 6.66. The quantitative estimate of drug-likeness (QED) is 0.807. The number of methoxy groups -OCH3 is 1. The van der Waals surface area contributed by atoms with Crippen LogP contribution in [0.15, 0.2) is 48.5 Å². The third kappa shape index (κ3) is 4.89. The Labute approximate surface area is 165 Å². The summed E-state index contributed by atoms with van der Waals surface area (Å²) in [4.78, 5) is 26.6. The number of carbonyl (C=O) groups excluding carboxylic acids is 2. The molecule has 0 bridgehead atoms. The van der Waals surface area contributed by atoms with Crippen LogP contribution in [-0.4, -0.2) is 50.0 Å². The van der Waals surface area contributed by atoms with Gasteiger partial charge in [-0.25, -0.2) is 0 Å². The van der Waals surface area contributed by atoms with Crippen molar-refractivity contribution in [2.45, 2.75) is 25.3 Å². The van der Waals surface area contributed by atoms with Crippen LogP contribution in [0.5, 0.6) is 5.75 Å². The second-order valence-corrected chi connectivity index (χ2v) is 6.96. The molecule has 1 aliphatic rings. The maximum Gasteiger partial charge on any atom is 0.241 e. The van der Waals surface area contributed by atoms with Crippen LogP contribution in [0.25, 0.3) is 11.1 Å². The molecule has 0 radical (unpaired) electrons. The molecule has 3 rings (SSSR count). The van der Waals surface area contributed by atoms with Gasteiger partial charge in [-0.15, -0.1) is 0 Å². The van der Waals surface area contributed by atoms with Gasteiger partial charge in [0.05, 0.1) is 19.7 Å². The van der Waals surface area contributed by atoms with E-state index in [9.17, 15) is 9.59 Å². The van der Waals surface area contributed by atoms with Gasteiger partial charge in [0.1, 0.15) is 5.75 Å². The van der Waals surface area contributed by atoms with Gasteiger partial charge in [0.15, 0.2) is 0 Å². The van der Waals surface area contributed by atoms with E-state index in [0.29, 0.717) is 0 Å². The van der Waals surface area contributed by atoms with E-state index in [1.807, 2.05) is 53.4 Å². The molecular weight excluding hydrogens is 354 g/mol. The lowest BCUT2D eigenvalue weighted by atomic mass is 10.0. The molecule has 0 unspecified atom stereocenters. The number of hydrogen-bond donors (Lipinski definition) is 2. The molecule has 0 spiro atoms. The maximum absolute atomic E-state index is 12.9. The van der Waals surface area contributed by atoms with Gasteiger partial charge in [-0.05, 0) is 54.8 Å². The number of nitrogens with one attached hydrogen (secondary N) is 2. The predicted molar refractivity (Wildman–Crippen MR) is 110 cm³/mol. The van der Waals surface area contributed by atoms with Crippen molar-refractivity contribution in [1.82, 2.24) is 10.2 Å². The lowest BCUT2D eigenvalue weighted by Gasteiger charge is -2.33. The Morgan fingerprint density at radius 3 is 2.61 bits per heavy atom. The minimum atomic E-state index is -0.286. The topological polar surface area (TPSA) is 70.7 Å². The third-order valence-corrected chi connectivity index (χ3v) is 5.08. The largest absolute Gasteiger partial charge is 0.497 e. The molecule has 2 amide bonds. The maximum atomic E-state index is 12.9. The molecule has 0 aliphatic carbocycles. The summed E-state index contributed by atoms with van der Waals surface area (Å²) in [5.41, 5.74) is 2.77. The van der Waals surface area contributed by atoms with Crippen LogP contribution >= 0.6 is 0 Å². The lowest BCUT2D eigenvalue weighted by Crippen LogP contribution is -2.50. The fourth-order valence-corrected chi connectivity index (χ4v) is 3.55. The van der Waals surface area contributed by atoms with Gasteiger partial charge in [0.25, 0.3) is 0 Å². The number of anilines is 1. The minimum Gasteiger partial charge on any atom is -0.497 e. The van der Waals surface area contributed by atoms with Crippen molar-refractivity contribution >= 4 is 17.5 Å². The molecule has 1 heterocycles. The highest BCUT2D eigenvalue weighted by molar-refractivity contribution is 5.95. The van der Waals surface area contributed by atoms with Crippen LogP contribution in [0, 0.1) is 0 Å². The molecule has 6 heteroatoms. The Balaban J connectivity index is 1.73. The number of benzene rings is 2. The van der Waals surface area contributed by atoms with E-state index in [0.717, 1.165) is 48.4 Å². The minimum absolute atomic E-state index is 0.0635. The first kappa shape index (κ1) is 19.9. The molecule has 1 fully saturated rings. The average molecular weight is 381 g/mol. The molecule has 1 aliphatic heterocycles. The van der Waals surface area contributed by atoms with E-state index in [1.54, 1.807) is 14.2 Å². The summed E-state index contributed by atoms with van der Waals surface area (Å²) < 4.78 is 5.30. The number of ether oxygens (including phenoxy) is 1. The van der Waals surface area contributed by atoms with E-state index in [-0.39, 0.29) is 24.4 Å². The Morgan fingerprint density at radius 1 is 1.11 bits per heavy atom. The number of nitrogens with zero attached hydrogens (tertiary/aromatic N) is 1. The zero-order chi connectivity index (χ0) is 19.9. The average Bonchev–Trinajstić information content (AvgIpc) is 2.74. The van der Waals surface area contributed by atoms with Crippen molar-refractivity contribution in [2.75, 3.05) is 32.6 Å². The highest BCUT2D eigenvalue weighted by Crippen LogP contribution is 2.26. The molecule has 6 nitrogen and oxygen atoms in total. The van der Waals surface area contributed by atoms with Crippen LogP contribution in [0.1, 0.15) is 19.3 Å². The monoisotopic (exact) mass is 381 g/mol. The number of piperidine rings is 1. The number of likely N-dealkylation sites (tertiary alicyclic amines) is 1. The smallest absolute Gasteiger partial charge is 0.241 e. The summed E-state index contributed by atoms with van der Waals surface area (Å²) in [7, 11) is 3.26. The van der Waals surface area contributed by atoms with E-state index in [1.165, 1.54) is 0 Å². The molecule has 28 heavy (non-hydrogen) atoms. The Morgan fingerprint density at radius 2 is 1.86 bits per heavy atom. The van der Waals surface area contributed by atoms with Gasteiger partial charge in [-0.3, -0.25) is 14.5 Å². The van der Waals surface area contributed by atoms with Crippen molar-refractivity contribution in [1.29, 1.82) is 0 Å². The molecule has 2 aromatic carbocycles. The lowest BCUT2D eigenvalue weighted by molar-refractivity contribution is -0.126. The predicted octanol–water partition coefficient (Wildman–Crippen LogP) is 2.90. The summed E-state index contributed by atoms with van der Waals surface area (Å²) >= 11 is 0. The fraction of sp³-hybridized carbons (Fsp3) is 0.364. The number of carbonyl (C=O) groups is 2. The molecular formula is C22H27N3O3. The third-order valence-electron chi connectivity index (χ3n) is 5.08. The van der Waals surface area contributed by atoms with Crippen LogP contribution < -0.4 is 15.4 Å². The van der Waals surface area contributed by atoms with Crippen LogP contribution in [0.2, 0.25) is 0 Å². The zero-order valence-electron chi connectivity index (χ0n) is 16.4. The second-order valence-electron chi connectivity index (χ2n) is 6.96. The number of amides is 2. The SMILES string of the molecule is CNC(=O)CN1CCCC[C@H]1C(=O)Nc1cccc(-c2cccc(OC)c2)c1. The summed E-state index contributed by atoms with van der Waals surface area (Å²) in [5, 5.41) is 5.66. The normalized spacial score (nSPS) is 17.0. The molecule has 2 aromatic rings. The first-order valence-corrected chi connectivity index (χ1v) is 9.60. The van der Waals surface area contributed by atoms with Crippen molar-refractivity contribution in [2.24, 2.45) is 0 Å². The van der Waals surface area contributed by atoms with E-state index < -0.39 is 0 Å². The highest BCUT2D eigenvalue weighted by atomic mass is 16.5. The van der Waals surface area contributed by atoms with Crippen molar-refractivity contribution in [3.8, 4) is 16.9 Å². The van der Waals surface area contributed by atoms with Gasteiger partial charge in [-0.2, -0.15) is 0 Å². The van der Waals surface area contributed by atoms with Crippen LogP contribution in [0.4, 0.5) is 5.69 Å². The zero-order valence-corrected chi connectivity index (χ0v) is 16.4. The van der Waals surface area contributed by atoms with E-state index in [2.05, 4.69) is 10.6 Å². The van der Waals surface area contributed by atoms with E-state index >= 15 is 0 Å². The van der Waals surface area contributed by atoms with Gasteiger partial charge < -0.3 is 15.4 Å². The second kappa shape index (κ2) is 9.37. The first-order chi connectivity index (χ1) is 13.6. The summed E-state index contributed by atoms with van der Waals surface area (Å²) in [6, 6.07) is 15.3. The molecule has 2 N–H and O–H groups in total. The molecule has 0 aromatic heterocycles. The van der Waals surface area contributed by atoms with Gasteiger partial charge in [0.2, 0.25) is 11.8 Å². The number of hydrogen-bond acceptors (Lipinski definition) is 4. The summed E-state index contributed by atoms with van der Waals surface area (Å²) in [5.74, 6) is 0.658. The van der Waals surface area contributed by atoms with Crippen molar-refractivity contribution < 1.29 is 14.3 Å². The highest BCUT2D eigenvalue weighted by Gasteiger charge is 2.29. The Hall–Kier alpha value is -2.86. The standard InChI is InChI=1S/C22H27N3O3/c1-23-21(26)15-25-12-4-3-11-20(25)22(27)24-18-9-5-7-16(13-18)17-8-6-10-19(14-17)28-2/h5-10,13-14,20H,3-4,11-12,15H2,1-2H3,(H,23,26)(H,24,27)/t20-/m0/s1. The molecule has 1 atom stereocenters. The molecule has 1 saturated heterocycles. The fourth-order valence-electron chi connectivity index (χ4n) is 3.55. The summed E-state index contributed by atoms with van der Waals surface area (Å²) in [6.45, 7) is 1.01. The van der Waals surface area contributed by atoms with Crippen LogP contribution in [0.3, 0.4) is 0 Å². The van der Waals surface area contributed by atoms with Gasteiger partial charge in [-0.1, -0.05) is 30.7 Å². The van der Waals surface area contributed by atoms with Crippen molar-refractivity contribution in [3.05, 3.63) is 48.5 Å². The molecule has 148 valence electrons. The van der Waals surface area contributed by atoms with E-state index in [4.69, 9.17) is 4.74 Å². The number of rotatable bonds is 6. The van der Waals surface area contributed by atoms with Gasteiger partial charge in [0, 0.05) is 12.7 Å². The summed E-state index contributed by atoms with van der Waals surface area (Å²) in [6.07, 6.45) is 2.76. The number of likely N-dealkylation sites (N-methyl/N-ethyl adjacent to an activating group) is 1. The first-order valence-electron chi connectivity index (χ1n) is 9.60. The molecule has 0 saturated carbocycles. The Bertz CT molecular complexity index is 837. The van der Waals surface area contributed by atoms with Crippen molar-refractivity contribution in [3.63, 3.8) is 0 Å². The van der Waals surface area contributed by atoms with Gasteiger partial charge >= 0.3 is 0 Å².